The summed E-state index contributed by atoms with van der Waals surface area (Å²) >= 11 is 0. The van der Waals surface area contributed by atoms with Gasteiger partial charge in [-0.2, -0.15) is 0 Å². The molecule has 4 aromatic carbocycles. The Bertz CT molecular complexity index is 2720. The van der Waals surface area contributed by atoms with Gasteiger partial charge in [0.1, 0.15) is 13.2 Å². The van der Waals surface area contributed by atoms with E-state index in [4.69, 9.17) is 10.7 Å². The molecule has 6 N–H and O–H groups in total. The van der Waals surface area contributed by atoms with Crippen LogP contribution in [0.25, 0.3) is 67.7 Å². The Morgan fingerprint density at radius 3 is 1.89 bits per heavy atom. The number of aromatic nitrogens is 4. The van der Waals surface area contributed by atoms with Crippen molar-refractivity contribution < 1.29 is 24.4 Å². The van der Waals surface area contributed by atoms with Crippen molar-refractivity contribution in [3.63, 3.8) is 0 Å². The van der Waals surface area contributed by atoms with Crippen LogP contribution >= 0.6 is 0 Å². The molecule has 9 rings (SSSR count). The van der Waals surface area contributed by atoms with Crippen molar-refractivity contribution in [2.45, 2.75) is 13.2 Å². The number of carboxylic acids is 1. The zero-order valence-electron chi connectivity index (χ0n) is 28.2. The van der Waals surface area contributed by atoms with E-state index in [0.717, 1.165) is 55.0 Å². The van der Waals surface area contributed by atoms with E-state index < -0.39 is 5.97 Å². The number of nitrogens with two attached hydrogens (primary N) is 1. The summed E-state index contributed by atoms with van der Waals surface area (Å²) in [4.78, 5) is 49.2. The van der Waals surface area contributed by atoms with Gasteiger partial charge in [-0.1, -0.05) is 97.1 Å². The maximum absolute atomic E-state index is 12.1. The van der Waals surface area contributed by atoms with E-state index >= 15 is 0 Å². The van der Waals surface area contributed by atoms with E-state index in [1.807, 2.05) is 103 Å². The third-order valence-electron chi connectivity index (χ3n) is 9.04. The monoisotopic (exact) mass is 700 g/mol. The maximum atomic E-state index is 12.1. The predicted octanol–water partition coefficient (Wildman–Crippen LogP) is 8.04. The van der Waals surface area contributed by atoms with Gasteiger partial charge in [-0.15, -0.1) is 0 Å². The summed E-state index contributed by atoms with van der Waals surface area (Å²) in [6.45, 7) is 0.231. The molecule has 1 amide bonds. The van der Waals surface area contributed by atoms with E-state index in [1.54, 1.807) is 6.07 Å². The van der Waals surface area contributed by atoms with Gasteiger partial charge in [-0.25, -0.2) is 26.1 Å². The smallest absolute Gasteiger partial charge is 0.338 e. The molecule has 0 unspecified atom stereocenters. The minimum Gasteiger partial charge on any atom is -0.478 e. The third kappa shape index (κ3) is 6.66. The number of nitrogens with zero attached hydrogens (tertiary/aromatic N) is 2. The summed E-state index contributed by atoms with van der Waals surface area (Å²) in [7, 11) is 0. The molecule has 8 aromatic rings. The quantitative estimate of drug-likeness (QED) is 0.104. The lowest BCUT2D eigenvalue weighted by atomic mass is 10.0. The number of rotatable bonds is 7. The summed E-state index contributed by atoms with van der Waals surface area (Å²) in [6, 6.07) is 31.7. The van der Waals surface area contributed by atoms with Crippen molar-refractivity contribution in [1.29, 1.82) is 0 Å². The summed E-state index contributed by atoms with van der Waals surface area (Å²) in [5.41, 5.74) is 9.70. The van der Waals surface area contributed by atoms with Gasteiger partial charge in [0.05, 0.1) is 33.5 Å². The van der Waals surface area contributed by atoms with Gasteiger partial charge in [0.2, 0.25) is 0 Å². The fraction of sp³-hybridized carbons (Fsp3) is 0.0476. The number of H-pyrrole nitrogens is 2. The van der Waals surface area contributed by atoms with Crippen LogP contribution in [0.4, 0.5) is 0 Å². The fourth-order valence-electron chi connectivity index (χ4n) is 6.55. The van der Waals surface area contributed by atoms with E-state index in [1.165, 1.54) is 0 Å². The molecule has 0 saturated heterocycles. The molecule has 0 bridgehead atoms. The Morgan fingerprint density at radius 2 is 1.32 bits per heavy atom. The molecule has 0 radical (unpaired) electrons. The number of amides is 1. The van der Waals surface area contributed by atoms with Crippen molar-refractivity contribution in [3.8, 4) is 0 Å². The lowest BCUT2D eigenvalue weighted by molar-refractivity contribution is 0.0145. The van der Waals surface area contributed by atoms with Crippen LogP contribution in [0.2, 0.25) is 0 Å². The second kappa shape index (κ2) is 14.4. The predicted molar refractivity (Wildman–Crippen MR) is 206 cm³/mol. The number of pyridine rings is 2. The SMILES string of the molecule is NOCc1nc2c(ccc3c[nH]c(/C=C/c4ccccc4)cc32)c1C(=O)O.O=C1NOCc2nc3c(ccc4c[nH]c(/C=C/c5ccccc5)cc43)c21. The standard InChI is InChI=1S/C21H17N3O3.C21H15N3O2/c22-27-12-18-19(21(25)26)16-9-7-14-11-23-15(10-17(14)20(16)24-18)8-6-13-4-2-1-3-5-13;25-21-19-16-9-7-14-11-22-15(8-6-13-4-2-1-3-5-13)10-17(14)20(16)23-18(19)12-26-24-21/h1-11,23H,12,22H2,(H,25,26);1-11,22H,12H2,(H,24,25)/b2*8-6+. The van der Waals surface area contributed by atoms with Crippen molar-refractivity contribution in [2.24, 2.45) is 5.90 Å². The molecule has 11 heteroatoms. The molecule has 0 aliphatic carbocycles. The Kier molecular flexibility index (Phi) is 9.01. The molecule has 0 atom stereocenters. The maximum Gasteiger partial charge on any atom is 0.338 e. The number of carbonyl (C=O) groups excluding carboxylic acids is 1. The number of aromatic carboxylic acids is 1. The Morgan fingerprint density at radius 1 is 0.755 bits per heavy atom. The fourth-order valence-corrected chi connectivity index (χ4v) is 6.55. The highest BCUT2D eigenvalue weighted by molar-refractivity contribution is 6.16. The Labute approximate surface area is 302 Å². The Hall–Kier alpha value is -6.92. The zero-order valence-corrected chi connectivity index (χ0v) is 28.2. The molecule has 1 aliphatic heterocycles. The molecule has 0 fully saturated rings. The summed E-state index contributed by atoms with van der Waals surface area (Å²) < 4.78 is 0. The normalized spacial score (nSPS) is 12.8. The number of aromatic amines is 2. The van der Waals surface area contributed by atoms with Crippen LogP contribution < -0.4 is 11.4 Å². The van der Waals surface area contributed by atoms with Crippen LogP contribution in [0.5, 0.6) is 0 Å². The number of hydrogen-bond donors (Lipinski definition) is 5. The molecule has 1 aliphatic rings. The van der Waals surface area contributed by atoms with Crippen LogP contribution in [0.1, 0.15) is 54.6 Å². The topological polar surface area (TPSA) is 168 Å². The minimum absolute atomic E-state index is 0.0580. The highest BCUT2D eigenvalue weighted by Gasteiger charge is 2.25. The molecule has 53 heavy (non-hydrogen) atoms. The van der Waals surface area contributed by atoms with Gasteiger partial charge in [-0.05, 0) is 46.2 Å². The second-order valence-corrected chi connectivity index (χ2v) is 12.4. The largest absolute Gasteiger partial charge is 0.478 e. The first-order chi connectivity index (χ1) is 26.0. The number of carbonyl (C=O) groups is 2. The van der Waals surface area contributed by atoms with Crippen molar-refractivity contribution in [3.05, 3.63) is 154 Å². The zero-order chi connectivity index (χ0) is 36.3. The molecule has 0 saturated carbocycles. The van der Waals surface area contributed by atoms with Gasteiger partial charge in [0.15, 0.2) is 0 Å². The van der Waals surface area contributed by atoms with E-state index in [9.17, 15) is 14.7 Å². The number of nitrogens with one attached hydrogen (secondary N) is 3. The second-order valence-electron chi connectivity index (χ2n) is 12.4. The third-order valence-corrected chi connectivity index (χ3v) is 9.04. The molecule has 0 spiro atoms. The average Bonchev–Trinajstić information content (AvgIpc) is 3.77. The summed E-state index contributed by atoms with van der Waals surface area (Å²) in [5, 5.41) is 14.9. The lowest BCUT2D eigenvalue weighted by Gasteiger charge is -2.11. The van der Waals surface area contributed by atoms with Crippen LogP contribution in [-0.4, -0.2) is 36.9 Å². The number of fused-ring (bicyclic) bond motifs is 8. The summed E-state index contributed by atoms with van der Waals surface area (Å²) in [5.74, 6) is 3.85. The number of hydrogen-bond acceptors (Lipinski definition) is 7. The number of carboxylic acid groups (broad SMARTS) is 1. The van der Waals surface area contributed by atoms with Gasteiger partial charge >= 0.3 is 5.97 Å². The molecular formula is C42H32N6O5. The highest BCUT2D eigenvalue weighted by Crippen LogP contribution is 2.32. The molecular weight excluding hydrogens is 668 g/mol. The van der Waals surface area contributed by atoms with Crippen LogP contribution in [0.15, 0.2) is 109 Å². The molecule has 5 heterocycles. The molecule has 4 aromatic heterocycles. The number of benzene rings is 4. The van der Waals surface area contributed by atoms with Crippen LogP contribution in [0, 0.1) is 0 Å². The van der Waals surface area contributed by atoms with E-state index in [-0.39, 0.29) is 24.7 Å². The first-order valence-electron chi connectivity index (χ1n) is 16.8. The van der Waals surface area contributed by atoms with Crippen LogP contribution in [-0.2, 0) is 22.9 Å². The van der Waals surface area contributed by atoms with Gasteiger partial charge in [-0.3, -0.25) is 14.5 Å². The van der Waals surface area contributed by atoms with Gasteiger partial charge in [0.25, 0.3) is 5.91 Å². The average molecular weight is 701 g/mol. The van der Waals surface area contributed by atoms with Crippen molar-refractivity contribution in [1.82, 2.24) is 25.4 Å². The van der Waals surface area contributed by atoms with Gasteiger partial charge in [0, 0.05) is 45.3 Å². The lowest BCUT2D eigenvalue weighted by Crippen LogP contribution is -2.29. The van der Waals surface area contributed by atoms with Crippen LogP contribution in [0.3, 0.4) is 0 Å². The number of hydroxylamine groups is 1. The highest BCUT2D eigenvalue weighted by atomic mass is 16.7. The first-order valence-corrected chi connectivity index (χ1v) is 16.8. The molecule has 260 valence electrons. The van der Waals surface area contributed by atoms with E-state index in [0.29, 0.717) is 27.9 Å². The van der Waals surface area contributed by atoms with Crippen molar-refractivity contribution >= 4 is 79.5 Å². The van der Waals surface area contributed by atoms with Gasteiger partial charge < -0.3 is 15.1 Å². The summed E-state index contributed by atoms with van der Waals surface area (Å²) in [6.07, 6.45) is 11.9. The molecule has 11 nitrogen and oxygen atoms in total. The van der Waals surface area contributed by atoms with E-state index in [2.05, 4.69) is 54.5 Å². The minimum atomic E-state index is -1.05. The van der Waals surface area contributed by atoms with Crippen molar-refractivity contribution in [2.75, 3.05) is 0 Å². The Balaban J connectivity index is 0.000000151. The first kappa shape index (κ1) is 33.2.